The molecule has 0 fully saturated rings. The van der Waals surface area contributed by atoms with Crippen molar-refractivity contribution < 1.29 is 17.9 Å². The molecule has 1 aromatic carbocycles. The van der Waals surface area contributed by atoms with Crippen molar-refractivity contribution in [2.45, 2.75) is 0 Å². The normalized spacial score (nSPS) is 10.0. The quantitative estimate of drug-likeness (QED) is 0.662. The highest BCUT2D eigenvalue weighted by Crippen LogP contribution is 2.27. The van der Waals surface area contributed by atoms with Crippen molar-refractivity contribution in [2.75, 3.05) is 12.8 Å². The Hall–Kier alpha value is -1.39. The van der Waals surface area contributed by atoms with Gasteiger partial charge in [-0.2, -0.15) is 0 Å². The number of nitrogen functional groups attached to an aromatic ring is 1. The van der Waals surface area contributed by atoms with Gasteiger partial charge in [-0.25, -0.2) is 13.2 Å². The van der Waals surface area contributed by atoms with E-state index in [2.05, 4.69) is 4.74 Å². The second-order valence-electron chi connectivity index (χ2n) is 2.10. The minimum Gasteiger partial charge on any atom is -0.491 e. The molecule has 0 saturated heterocycles. The van der Waals surface area contributed by atoms with E-state index >= 15 is 0 Å². The number of hydrogen-bond acceptors (Lipinski definition) is 2. The van der Waals surface area contributed by atoms with Crippen LogP contribution in [0.25, 0.3) is 0 Å². The Morgan fingerprint density at radius 3 is 2.33 bits per heavy atom. The molecule has 0 bridgehead atoms. The first kappa shape index (κ1) is 8.70. The molecule has 1 aromatic rings. The van der Waals surface area contributed by atoms with E-state index in [0.717, 1.165) is 7.11 Å². The van der Waals surface area contributed by atoms with Crippen LogP contribution in [0.4, 0.5) is 18.9 Å². The van der Waals surface area contributed by atoms with E-state index in [0.29, 0.717) is 6.07 Å². The zero-order valence-corrected chi connectivity index (χ0v) is 6.20. The molecule has 0 amide bonds. The van der Waals surface area contributed by atoms with Gasteiger partial charge in [-0.3, -0.25) is 0 Å². The molecule has 0 aliphatic rings. The van der Waals surface area contributed by atoms with Gasteiger partial charge in [0.2, 0.25) is 0 Å². The summed E-state index contributed by atoms with van der Waals surface area (Å²) in [5.41, 5.74) is 4.19. The Bertz CT molecular complexity index is 314. The second-order valence-corrected chi connectivity index (χ2v) is 2.10. The van der Waals surface area contributed by atoms with Crippen LogP contribution in [-0.4, -0.2) is 7.11 Å². The molecule has 0 aliphatic carbocycles. The molecule has 12 heavy (non-hydrogen) atoms. The first-order valence-electron chi connectivity index (χ1n) is 3.05. The standard InChI is InChI=1S/C7H6F3NO/c1-12-7-4(9)2-3(8)6(11)5(7)10/h2H,11H2,1H3. The molecule has 0 aromatic heterocycles. The van der Waals surface area contributed by atoms with E-state index in [4.69, 9.17) is 5.73 Å². The number of hydrogen-bond donors (Lipinski definition) is 1. The van der Waals surface area contributed by atoms with Crippen molar-refractivity contribution in [1.29, 1.82) is 0 Å². The predicted molar refractivity (Wildman–Crippen MR) is 37.3 cm³/mol. The number of nitrogens with two attached hydrogens (primary N) is 1. The van der Waals surface area contributed by atoms with Crippen molar-refractivity contribution >= 4 is 5.69 Å². The summed E-state index contributed by atoms with van der Waals surface area (Å²) in [4.78, 5) is 0. The summed E-state index contributed by atoms with van der Waals surface area (Å²) in [6.07, 6.45) is 0. The van der Waals surface area contributed by atoms with Crippen LogP contribution in [-0.2, 0) is 0 Å². The van der Waals surface area contributed by atoms with Crippen LogP contribution in [0.1, 0.15) is 0 Å². The van der Waals surface area contributed by atoms with Crippen molar-refractivity contribution in [3.05, 3.63) is 23.5 Å². The van der Waals surface area contributed by atoms with Crippen LogP contribution in [0, 0.1) is 17.5 Å². The highest BCUT2D eigenvalue weighted by Gasteiger charge is 2.16. The van der Waals surface area contributed by atoms with Gasteiger partial charge in [-0.05, 0) is 0 Å². The lowest BCUT2D eigenvalue weighted by Crippen LogP contribution is -2.01. The summed E-state index contributed by atoms with van der Waals surface area (Å²) in [6, 6.07) is 0.469. The molecule has 1 rings (SSSR count). The fraction of sp³-hybridized carbons (Fsp3) is 0.143. The lowest BCUT2D eigenvalue weighted by molar-refractivity contribution is 0.357. The van der Waals surface area contributed by atoms with Crippen LogP contribution in [0.15, 0.2) is 6.07 Å². The highest BCUT2D eigenvalue weighted by molar-refractivity contribution is 5.48. The monoisotopic (exact) mass is 177 g/mol. The van der Waals surface area contributed by atoms with Gasteiger partial charge in [-0.15, -0.1) is 0 Å². The molecule has 5 heteroatoms. The summed E-state index contributed by atoms with van der Waals surface area (Å²) < 4.78 is 42.2. The van der Waals surface area contributed by atoms with Crippen LogP contribution >= 0.6 is 0 Å². The topological polar surface area (TPSA) is 35.2 Å². The molecule has 66 valence electrons. The van der Waals surface area contributed by atoms with Crippen molar-refractivity contribution in [2.24, 2.45) is 0 Å². The Labute approximate surface area is 66.7 Å². The fourth-order valence-electron chi connectivity index (χ4n) is 0.774. The van der Waals surface area contributed by atoms with Crippen LogP contribution in [0.5, 0.6) is 5.75 Å². The number of rotatable bonds is 1. The van der Waals surface area contributed by atoms with Gasteiger partial charge in [0.05, 0.1) is 7.11 Å². The summed E-state index contributed by atoms with van der Waals surface area (Å²) in [5, 5.41) is 0. The maximum absolute atomic E-state index is 12.8. The van der Waals surface area contributed by atoms with E-state index < -0.39 is 28.9 Å². The second kappa shape index (κ2) is 2.92. The Kier molecular flexibility index (Phi) is 2.12. The average molecular weight is 177 g/mol. The first-order chi connectivity index (χ1) is 5.57. The van der Waals surface area contributed by atoms with Gasteiger partial charge in [-0.1, -0.05) is 0 Å². The number of ether oxygens (including phenoxy) is 1. The van der Waals surface area contributed by atoms with E-state index in [-0.39, 0.29) is 0 Å². The van der Waals surface area contributed by atoms with E-state index in [1.165, 1.54) is 0 Å². The van der Waals surface area contributed by atoms with Crippen molar-refractivity contribution in [3.63, 3.8) is 0 Å². The van der Waals surface area contributed by atoms with Crippen LogP contribution in [0.2, 0.25) is 0 Å². The predicted octanol–water partition coefficient (Wildman–Crippen LogP) is 1.69. The molecule has 0 atom stereocenters. The van der Waals surface area contributed by atoms with Gasteiger partial charge >= 0.3 is 0 Å². The minimum atomic E-state index is -1.21. The largest absolute Gasteiger partial charge is 0.491 e. The summed E-state index contributed by atoms with van der Waals surface area (Å²) >= 11 is 0. The molecule has 0 spiro atoms. The molecule has 0 heterocycles. The summed E-state index contributed by atoms with van der Waals surface area (Å²) in [5.74, 6) is -4.13. The molecular formula is C7H6F3NO. The number of benzene rings is 1. The zero-order valence-electron chi connectivity index (χ0n) is 6.20. The van der Waals surface area contributed by atoms with Crippen LogP contribution < -0.4 is 10.5 Å². The molecule has 2 N–H and O–H groups in total. The molecule has 2 nitrogen and oxygen atoms in total. The van der Waals surface area contributed by atoms with Gasteiger partial charge in [0.15, 0.2) is 23.2 Å². The number of anilines is 1. The molecule has 0 saturated carbocycles. The maximum atomic E-state index is 12.8. The third-order valence-corrected chi connectivity index (χ3v) is 1.37. The lowest BCUT2D eigenvalue weighted by atomic mass is 10.2. The average Bonchev–Trinajstić information content (AvgIpc) is 2.01. The third-order valence-electron chi connectivity index (χ3n) is 1.37. The Morgan fingerprint density at radius 2 is 1.83 bits per heavy atom. The van der Waals surface area contributed by atoms with Gasteiger partial charge < -0.3 is 10.5 Å². The van der Waals surface area contributed by atoms with Crippen molar-refractivity contribution in [3.8, 4) is 5.75 Å². The van der Waals surface area contributed by atoms with E-state index in [9.17, 15) is 13.2 Å². The smallest absolute Gasteiger partial charge is 0.193 e. The summed E-state index contributed by atoms with van der Waals surface area (Å²) in [6.45, 7) is 0. The number of methoxy groups -OCH3 is 1. The van der Waals surface area contributed by atoms with Crippen LogP contribution in [0.3, 0.4) is 0 Å². The molecule has 0 unspecified atom stereocenters. The SMILES string of the molecule is COc1c(F)cc(F)c(N)c1F. The minimum absolute atomic E-state index is 0.469. The highest BCUT2D eigenvalue weighted by atomic mass is 19.1. The van der Waals surface area contributed by atoms with Gasteiger partial charge in [0, 0.05) is 6.07 Å². The lowest BCUT2D eigenvalue weighted by Gasteiger charge is -2.05. The Balaban J connectivity index is 3.40. The Morgan fingerprint density at radius 1 is 1.25 bits per heavy atom. The van der Waals surface area contributed by atoms with Gasteiger partial charge in [0.1, 0.15) is 5.69 Å². The van der Waals surface area contributed by atoms with Gasteiger partial charge in [0.25, 0.3) is 0 Å². The molecule has 0 radical (unpaired) electrons. The molecule has 0 aliphatic heterocycles. The number of halogens is 3. The third kappa shape index (κ3) is 1.17. The van der Waals surface area contributed by atoms with E-state index in [1.54, 1.807) is 0 Å². The fourth-order valence-corrected chi connectivity index (χ4v) is 0.774. The van der Waals surface area contributed by atoms with E-state index in [1.807, 2.05) is 0 Å². The maximum Gasteiger partial charge on any atom is 0.193 e. The zero-order chi connectivity index (χ0) is 9.30. The summed E-state index contributed by atoms with van der Waals surface area (Å²) in [7, 11) is 1.07. The molecular weight excluding hydrogens is 171 g/mol. The van der Waals surface area contributed by atoms with Crippen molar-refractivity contribution in [1.82, 2.24) is 0 Å². The first-order valence-corrected chi connectivity index (χ1v) is 3.05.